The summed E-state index contributed by atoms with van der Waals surface area (Å²) < 4.78 is 37.1. The highest BCUT2D eigenvalue weighted by atomic mass is 32.2. The number of hydrogen-bond acceptors (Lipinski definition) is 6. The maximum absolute atomic E-state index is 13.3. The van der Waals surface area contributed by atoms with Crippen LogP contribution in [0, 0.1) is 0 Å². The second-order valence-corrected chi connectivity index (χ2v) is 13.5. The van der Waals surface area contributed by atoms with E-state index in [1.165, 1.54) is 11.1 Å². The third-order valence-corrected chi connectivity index (χ3v) is 10.1. The summed E-state index contributed by atoms with van der Waals surface area (Å²) in [6.45, 7) is 5.93. The van der Waals surface area contributed by atoms with Gasteiger partial charge in [-0.15, -0.1) is 0 Å². The van der Waals surface area contributed by atoms with Crippen molar-refractivity contribution < 1.29 is 22.7 Å². The van der Waals surface area contributed by atoms with Gasteiger partial charge in [-0.05, 0) is 104 Å². The van der Waals surface area contributed by atoms with E-state index in [1.54, 1.807) is 12.1 Å². The van der Waals surface area contributed by atoms with Crippen LogP contribution in [0.1, 0.15) is 49.3 Å². The monoisotopic (exact) mass is 602 g/mol. The van der Waals surface area contributed by atoms with Gasteiger partial charge in [0.2, 0.25) is 0 Å². The van der Waals surface area contributed by atoms with Gasteiger partial charge in [0.1, 0.15) is 0 Å². The summed E-state index contributed by atoms with van der Waals surface area (Å²) in [5.41, 5.74) is 6.01. The number of nitrogens with zero attached hydrogens (tertiary/aromatic N) is 1. The predicted molar refractivity (Wildman–Crippen MR) is 172 cm³/mol. The fourth-order valence-corrected chi connectivity index (χ4v) is 7.21. The minimum absolute atomic E-state index is 0.105. The largest absolute Gasteiger partial charge is 0.382 e. The van der Waals surface area contributed by atoms with Gasteiger partial charge >= 0.3 is 0 Å². The van der Waals surface area contributed by atoms with Crippen molar-refractivity contribution >= 4 is 27.5 Å². The van der Waals surface area contributed by atoms with Gasteiger partial charge in [0.05, 0.1) is 10.6 Å². The maximum atomic E-state index is 13.3. The lowest BCUT2D eigenvalue weighted by atomic mass is 9.99. The third-order valence-electron chi connectivity index (χ3n) is 8.31. The van der Waals surface area contributed by atoms with Crippen LogP contribution in [0.2, 0.25) is 0 Å². The zero-order valence-electron chi connectivity index (χ0n) is 25.2. The number of carbonyl (C=O) groups is 1. The molecule has 2 aliphatic heterocycles. The average Bonchev–Trinajstić information content (AvgIpc) is 3.16. The molecule has 43 heavy (non-hydrogen) atoms. The molecule has 2 heterocycles. The molecule has 0 unspecified atom stereocenters. The predicted octanol–water partition coefficient (Wildman–Crippen LogP) is 6.13. The first kappa shape index (κ1) is 31.1. The van der Waals surface area contributed by atoms with Crippen LogP contribution in [-0.4, -0.2) is 64.5 Å². The first-order chi connectivity index (χ1) is 20.8. The molecule has 228 valence electrons. The van der Waals surface area contributed by atoms with Gasteiger partial charge in [-0.1, -0.05) is 42.5 Å². The van der Waals surface area contributed by atoms with Gasteiger partial charge in [0.25, 0.3) is 5.91 Å². The van der Waals surface area contributed by atoms with Crippen LogP contribution in [0.3, 0.4) is 0 Å². The number of hydrogen-bond donors (Lipinski definition) is 1. The highest BCUT2D eigenvalue weighted by Crippen LogP contribution is 2.31. The molecule has 0 radical (unpaired) electrons. The third kappa shape index (κ3) is 8.21. The van der Waals surface area contributed by atoms with Gasteiger partial charge in [0, 0.05) is 50.3 Å². The number of sulfone groups is 1. The Labute approximate surface area is 255 Å². The lowest BCUT2D eigenvalue weighted by Crippen LogP contribution is -2.36. The highest BCUT2D eigenvalue weighted by molar-refractivity contribution is 7.91. The van der Waals surface area contributed by atoms with Crippen molar-refractivity contribution in [3.05, 3.63) is 89.0 Å². The number of anilines is 1. The SMILES string of the molecule is CCOCCCc1ccc(-c2ccc3c(c2)C=C(C(=O)Nc2ccc(CN(C)C4CCOCC4)cc2)CCS3(=O)=O)cc1. The number of amides is 1. The minimum Gasteiger partial charge on any atom is -0.382 e. The highest BCUT2D eigenvalue weighted by Gasteiger charge is 2.25. The molecule has 7 nitrogen and oxygen atoms in total. The molecule has 8 heteroatoms. The summed E-state index contributed by atoms with van der Waals surface area (Å²) >= 11 is 0. The average molecular weight is 603 g/mol. The molecule has 2 aliphatic rings. The Balaban J connectivity index is 1.28. The van der Waals surface area contributed by atoms with Crippen LogP contribution in [-0.2, 0) is 37.1 Å². The quantitative estimate of drug-likeness (QED) is 0.266. The molecule has 3 aromatic carbocycles. The van der Waals surface area contributed by atoms with Crippen molar-refractivity contribution in [2.45, 2.75) is 56.5 Å². The molecule has 1 saturated heterocycles. The number of ether oxygens (including phenoxy) is 2. The first-order valence-corrected chi connectivity index (χ1v) is 16.9. The minimum atomic E-state index is -3.52. The van der Waals surface area contributed by atoms with E-state index in [0.717, 1.165) is 69.8 Å². The Bertz CT molecular complexity index is 1530. The summed E-state index contributed by atoms with van der Waals surface area (Å²) in [5.74, 6) is -0.385. The van der Waals surface area contributed by atoms with Crippen molar-refractivity contribution in [3.8, 4) is 11.1 Å². The van der Waals surface area contributed by atoms with E-state index in [1.807, 2.05) is 43.3 Å². The lowest BCUT2D eigenvalue weighted by Gasteiger charge is -2.31. The topological polar surface area (TPSA) is 84.9 Å². The van der Waals surface area contributed by atoms with Crippen LogP contribution in [0.15, 0.2) is 77.2 Å². The fourth-order valence-electron chi connectivity index (χ4n) is 5.75. The van der Waals surface area contributed by atoms with E-state index in [0.29, 0.717) is 22.9 Å². The number of aryl methyl sites for hydroxylation is 1. The number of fused-ring (bicyclic) bond motifs is 1. The molecule has 3 aromatic rings. The second-order valence-electron chi connectivity index (χ2n) is 11.4. The molecule has 0 spiro atoms. The molecule has 1 N–H and O–H groups in total. The molecule has 0 aromatic heterocycles. The smallest absolute Gasteiger partial charge is 0.251 e. The zero-order chi connectivity index (χ0) is 30.2. The summed E-state index contributed by atoms with van der Waals surface area (Å²) in [5, 5.41) is 2.98. The Morgan fingerprint density at radius 1 is 0.977 bits per heavy atom. The first-order valence-electron chi connectivity index (χ1n) is 15.2. The van der Waals surface area contributed by atoms with Crippen LogP contribution < -0.4 is 5.32 Å². The van der Waals surface area contributed by atoms with E-state index < -0.39 is 9.84 Å². The number of benzene rings is 3. The normalized spacial score (nSPS) is 16.8. The van der Waals surface area contributed by atoms with Gasteiger partial charge in [-0.2, -0.15) is 0 Å². The van der Waals surface area contributed by atoms with Crippen LogP contribution in [0.4, 0.5) is 5.69 Å². The number of carbonyl (C=O) groups excluding carboxylic acids is 1. The Kier molecular flexibility index (Phi) is 10.5. The van der Waals surface area contributed by atoms with Crippen LogP contribution >= 0.6 is 0 Å². The molecular weight excluding hydrogens is 560 g/mol. The van der Waals surface area contributed by atoms with Gasteiger partial charge in [-0.25, -0.2) is 8.42 Å². The molecule has 1 fully saturated rings. The van der Waals surface area contributed by atoms with Crippen LogP contribution in [0.25, 0.3) is 17.2 Å². The molecule has 0 aliphatic carbocycles. The van der Waals surface area contributed by atoms with E-state index in [9.17, 15) is 13.2 Å². The summed E-state index contributed by atoms with van der Waals surface area (Å²) in [6, 6.07) is 22.1. The van der Waals surface area contributed by atoms with E-state index in [2.05, 4.69) is 41.5 Å². The van der Waals surface area contributed by atoms with Crippen LogP contribution in [0.5, 0.6) is 0 Å². The molecule has 0 saturated carbocycles. The standard InChI is InChI=1S/C35H42N2O5S/c1-3-41-19-4-5-26-6-10-28(11-7-26)29-12-15-34-31(23-29)24-30(18-22-43(34,39)40)35(38)36-32-13-8-27(9-14-32)25-37(2)33-16-20-42-21-17-33/h6-15,23-24,33H,3-5,16-22,25H2,1-2H3,(H,36,38). The van der Waals surface area contributed by atoms with Crippen molar-refractivity contribution in [1.29, 1.82) is 0 Å². The molecule has 5 rings (SSSR count). The van der Waals surface area contributed by atoms with Crippen molar-refractivity contribution in [2.24, 2.45) is 0 Å². The maximum Gasteiger partial charge on any atom is 0.251 e. The van der Waals surface area contributed by atoms with Crippen molar-refractivity contribution in [2.75, 3.05) is 44.5 Å². The summed E-state index contributed by atoms with van der Waals surface area (Å²) in [4.78, 5) is 16.0. The molecule has 0 bridgehead atoms. The van der Waals surface area contributed by atoms with Gasteiger partial charge in [-0.3, -0.25) is 9.69 Å². The fraction of sp³-hybridized carbons (Fsp3) is 0.400. The zero-order valence-corrected chi connectivity index (χ0v) is 26.0. The second kappa shape index (κ2) is 14.4. The van der Waals surface area contributed by atoms with Gasteiger partial charge in [0.15, 0.2) is 9.84 Å². The van der Waals surface area contributed by atoms with E-state index >= 15 is 0 Å². The van der Waals surface area contributed by atoms with Crippen molar-refractivity contribution in [3.63, 3.8) is 0 Å². The molecular formula is C35H42N2O5S. The Hall–Kier alpha value is -3.30. The summed E-state index contributed by atoms with van der Waals surface area (Å²) in [7, 11) is -1.38. The van der Waals surface area contributed by atoms with Gasteiger partial charge < -0.3 is 14.8 Å². The lowest BCUT2D eigenvalue weighted by molar-refractivity contribution is -0.112. The van der Waals surface area contributed by atoms with E-state index in [4.69, 9.17) is 9.47 Å². The number of rotatable bonds is 11. The Morgan fingerprint density at radius 2 is 1.67 bits per heavy atom. The summed E-state index contributed by atoms with van der Waals surface area (Å²) in [6.07, 6.45) is 5.89. The Morgan fingerprint density at radius 3 is 2.40 bits per heavy atom. The molecule has 1 amide bonds. The van der Waals surface area contributed by atoms with Crippen molar-refractivity contribution in [1.82, 2.24) is 4.90 Å². The molecule has 0 atom stereocenters. The van der Waals surface area contributed by atoms with E-state index in [-0.39, 0.29) is 23.0 Å². The number of nitrogens with one attached hydrogen (secondary N) is 1.